The van der Waals surface area contributed by atoms with Crippen molar-refractivity contribution in [3.8, 4) is 5.75 Å². The molecule has 150 valence electrons. The van der Waals surface area contributed by atoms with Crippen LogP contribution < -0.4 is 5.56 Å². The van der Waals surface area contributed by atoms with Crippen LogP contribution in [0.25, 0.3) is 11.0 Å². The van der Waals surface area contributed by atoms with E-state index in [-0.39, 0.29) is 29.5 Å². The first-order valence-corrected chi connectivity index (χ1v) is 9.32. The summed E-state index contributed by atoms with van der Waals surface area (Å²) in [5, 5.41) is 10.1. The fourth-order valence-corrected chi connectivity index (χ4v) is 3.43. The van der Waals surface area contributed by atoms with Crippen molar-refractivity contribution in [1.82, 2.24) is 14.5 Å². The molecular weight excluding hydrogens is 377 g/mol. The van der Waals surface area contributed by atoms with Crippen LogP contribution in [0.5, 0.6) is 5.75 Å². The van der Waals surface area contributed by atoms with E-state index in [1.54, 1.807) is 29.3 Å². The van der Waals surface area contributed by atoms with Crippen LogP contribution >= 0.6 is 0 Å². The van der Waals surface area contributed by atoms with E-state index in [1.807, 2.05) is 0 Å². The number of amides is 1. The fourth-order valence-electron chi connectivity index (χ4n) is 3.43. The number of morpholine rings is 1. The molecule has 8 heteroatoms. The molecule has 0 aliphatic carbocycles. The van der Waals surface area contributed by atoms with Crippen LogP contribution in [0, 0.1) is 5.82 Å². The second-order valence-electron chi connectivity index (χ2n) is 6.96. The highest BCUT2D eigenvalue weighted by molar-refractivity contribution is 5.84. The molecule has 0 atom stereocenters. The molecule has 0 saturated carbocycles. The molecule has 4 rings (SSSR count). The molecule has 1 aromatic carbocycles. The lowest BCUT2D eigenvalue weighted by atomic mass is 10.1. The summed E-state index contributed by atoms with van der Waals surface area (Å²) in [5.41, 5.74) is 1.82. The zero-order valence-corrected chi connectivity index (χ0v) is 15.7. The van der Waals surface area contributed by atoms with E-state index < -0.39 is 5.56 Å². The molecule has 3 aromatic rings. The van der Waals surface area contributed by atoms with Crippen molar-refractivity contribution in [2.24, 2.45) is 0 Å². The van der Waals surface area contributed by atoms with Gasteiger partial charge in [0, 0.05) is 25.4 Å². The van der Waals surface area contributed by atoms with E-state index in [2.05, 4.69) is 4.98 Å². The molecule has 0 spiro atoms. The van der Waals surface area contributed by atoms with Crippen LogP contribution in [0.2, 0.25) is 0 Å². The number of rotatable bonds is 4. The smallest absolute Gasteiger partial charge is 0.255 e. The average Bonchev–Trinajstić information content (AvgIpc) is 2.73. The highest BCUT2D eigenvalue weighted by Crippen LogP contribution is 2.22. The third-order valence-corrected chi connectivity index (χ3v) is 4.96. The molecule has 1 aliphatic heterocycles. The average molecular weight is 397 g/mol. The van der Waals surface area contributed by atoms with Crippen LogP contribution in [-0.2, 0) is 22.5 Å². The number of nitrogens with zero attached hydrogens (tertiary/aromatic N) is 3. The predicted molar refractivity (Wildman–Crippen MR) is 104 cm³/mol. The molecule has 0 radical (unpaired) electrons. The maximum absolute atomic E-state index is 13.1. The Morgan fingerprint density at radius 1 is 1.14 bits per heavy atom. The minimum absolute atomic E-state index is 0.142. The molecule has 2 aromatic heterocycles. The molecule has 1 N–H and O–H groups in total. The summed E-state index contributed by atoms with van der Waals surface area (Å²) < 4.78 is 19.7. The molecule has 7 nitrogen and oxygen atoms in total. The number of carbonyl (C=O) groups is 1. The fraction of sp³-hybridized carbons (Fsp3) is 0.286. The van der Waals surface area contributed by atoms with E-state index >= 15 is 0 Å². The number of benzene rings is 1. The van der Waals surface area contributed by atoms with Gasteiger partial charge in [-0.25, -0.2) is 4.39 Å². The Labute approximate surface area is 166 Å². The highest BCUT2D eigenvalue weighted by Gasteiger charge is 2.19. The lowest BCUT2D eigenvalue weighted by Gasteiger charge is -2.27. The second kappa shape index (κ2) is 8.00. The van der Waals surface area contributed by atoms with Gasteiger partial charge >= 0.3 is 0 Å². The monoisotopic (exact) mass is 397 g/mol. The van der Waals surface area contributed by atoms with Crippen molar-refractivity contribution >= 4 is 16.9 Å². The first kappa shape index (κ1) is 19.1. The summed E-state index contributed by atoms with van der Waals surface area (Å²) in [6.45, 7) is 1.77. The van der Waals surface area contributed by atoms with Crippen LogP contribution in [0.15, 0.2) is 47.4 Å². The Hall–Kier alpha value is -3.26. The summed E-state index contributed by atoms with van der Waals surface area (Å²) in [7, 11) is 0. The Morgan fingerprint density at radius 2 is 1.86 bits per heavy atom. The van der Waals surface area contributed by atoms with Gasteiger partial charge in [-0.3, -0.25) is 19.1 Å². The Bertz CT molecular complexity index is 1110. The number of fused-ring (bicyclic) bond motifs is 1. The lowest BCUT2D eigenvalue weighted by molar-refractivity contribution is -0.135. The third-order valence-electron chi connectivity index (χ3n) is 4.96. The number of halogens is 1. The van der Waals surface area contributed by atoms with E-state index in [0.717, 1.165) is 17.2 Å². The van der Waals surface area contributed by atoms with Gasteiger partial charge in [-0.2, -0.15) is 0 Å². The molecule has 1 aliphatic rings. The molecule has 1 fully saturated rings. The number of carbonyl (C=O) groups excluding carboxylic acids is 1. The zero-order valence-electron chi connectivity index (χ0n) is 15.7. The summed E-state index contributed by atoms with van der Waals surface area (Å²) >= 11 is 0. The molecule has 0 bridgehead atoms. The minimum Gasteiger partial charge on any atom is -0.505 e. The van der Waals surface area contributed by atoms with Crippen molar-refractivity contribution in [2.45, 2.75) is 13.0 Å². The second-order valence-corrected chi connectivity index (χ2v) is 6.96. The first-order valence-electron chi connectivity index (χ1n) is 9.32. The summed E-state index contributed by atoms with van der Waals surface area (Å²) in [5.74, 6) is -0.731. The van der Waals surface area contributed by atoms with Crippen molar-refractivity contribution in [3.63, 3.8) is 0 Å². The maximum Gasteiger partial charge on any atom is 0.255 e. The van der Waals surface area contributed by atoms with E-state index in [4.69, 9.17) is 4.74 Å². The molecule has 1 amide bonds. The lowest BCUT2D eigenvalue weighted by Crippen LogP contribution is -2.43. The highest BCUT2D eigenvalue weighted by atomic mass is 19.1. The molecule has 1 saturated heterocycles. The van der Waals surface area contributed by atoms with Crippen LogP contribution in [-0.4, -0.2) is 51.8 Å². The van der Waals surface area contributed by atoms with E-state index in [9.17, 15) is 19.1 Å². The largest absolute Gasteiger partial charge is 0.505 e. The van der Waals surface area contributed by atoms with E-state index in [1.165, 1.54) is 16.7 Å². The number of hydrogen-bond acceptors (Lipinski definition) is 5. The van der Waals surface area contributed by atoms with E-state index in [0.29, 0.717) is 38.2 Å². The van der Waals surface area contributed by atoms with Crippen molar-refractivity contribution in [2.75, 3.05) is 26.3 Å². The molecule has 0 unspecified atom stereocenters. The van der Waals surface area contributed by atoms with Gasteiger partial charge in [-0.05, 0) is 35.7 Å². The summed E-state index contributed by atoms with van der Waals surface area (Å²) in [4.78, 5) is 31.1. The predicted octanol–water partition coefficient (Wildman–Crippen LogP) is 1.69. The molecule has 29 heavy (non-hydrogen) atoms. The standard InChI is InChI=1S/C21H20FN3O4/c22-16-3-1-14(2-4-16)9-15-10-17-21(23-12-15)18(26)11-19(27)25(17)13-20(28)24-5-7-29-8-6-24/h1-4,10-12,26H,5-9,13H2. The van der Waals surface area contributed by atoms with Crippen LogP contribution in [0.4, 0.5) is 4.39 Å². The van der Waals surface area contributed by atoms with Crippen molar-refractivity contribution in [3.05, 3.63) is 69.9 Å². The number of ether oxygens (including phenoxy) is 1. The van der Waals surface area contributed by atoms with Gasteiger partial charge in [0.1, 0.15) is 23.6 Å². The van der Waals surface area contributed by atoms with Gasteiger partial charge in [0.25, 0.3) is 5.56 Å². The molecular formula is C21H20FN3O4. The van der Waals surface area contributed by atoms with Gasteiger partial charge in [-0.1, -0.05) is 12.1 Å². The quantitative estimate of drug-likeness (QED) is 0.724. The topological polar surface area (TPSA) is 84.7 Å². The Balaban J connectivity index is 1.69. The van der Waals surface area contributed by atoms with Crippen LogP contribution in [0.3, 0.4) is 0 Å². The zero-order chi connectivity index (χ0) is 20.4. The normalized spacial score (nSPS) is 14.3. The van der Waals surface area contributed by atoms with Crippen LogP contribution in [0.1, 0.15) is 11.1 Å². The summed E-state index contributed by atoms with van der Waals surface area (Å²) in [6, 6.07) is 8.92. The van der Waals surface area contributed by atoms with Crippen molar-refractivity contribution in [1.29, 1.82) is 0 Å². The number of aromatic hydroxyl groups is 1. The van der Waals surface area contributed by atoms with Gasteiger partial charge in [0.2, 0.25) is 5.91 Å². The van der Waals surface area contributed by atoms with Crippen molar-refractivity contribution < 1.29 is 19.0 Å². The number of pyridine rings is 2. The van der Waals surface area contributed by atoms with Gasteiger partial charge in [-0.15, -0.1) is 0 Å². The maximum atomic E-state index is 13.1. The Kier molecular flexibility index (Phi) is 5.26. The van der Waals surface area contributed by atoms with Gasteiger partial charge < -0.3 is 14.7 Å². The third kappa shape index (κ3) is 4.12. The number of hydrogen-bond donors (Lipinski definition) is 1. The number of aromatic nitrogens is 2. The SMILES string of the molecule is O=C(Cn1c(=O)cc(O)c2ncc(Cc3ccc(F)cc3)cc21)N1CCOCC1. The summed E-state index contributed by atoms with van der Waals surface area (Å²) in [6.07, 6.45) is 2.08. The Morgan fingerprint density at radius 3 is 2.59 bits per heavy atom. The molecule has 3 heterocycles. The van der Waals surface area contributed by atoms with Gasteiger partial charge in [0.05, 0.1) is 18.7 Å². The minimum atomic E-state index is -0.475. The first-order chi connectivity index (χ1) is 14.0. The van der Waals surface area contributed by atoms with Gasteiger partial charge in [0.15, 0.2) is 0 Å².